The third-order valence-corrected chi connectivity index (χ3v) is 4.20. The molecular formula is C17H17ClFN3OS. The number of benzene rings is 2. The molecule has 2 aromatic carbocycles. The number of nitrogens with zero attached hydrogens (tertiary/aromatic N) is 2. The monoisotopic (exact) mass is 365 g/mol. The highest BCUT2D eigenvalue weighted by Gasteiger charge is 2.15. The fourth-order valence-electron chi connectivity index (χ4n) is 2.11. The van der Waals surface area contributed by atoms with Crippen LogP contribution in [0.4, 0.5) is 4.39 Å². The predicted octanol–water partition coefficient (Wildman–Crippen LogP) is 4.17. The molecule has 0 spiro atoms. The molecule has 0 bridgehead atoms. The van der Waals surface area contributed by atoms with Crippen molar-refractivity contribution in [2.45, 2.75) is 23.4 Å². The molecule has 24 heavy (non-hydrogen) atoms. The van der Waals surface area contributed by atoms with Crippen molar-refractivity contribution in [3.05, 3.63) is 77.4 Å². The molecule has 1 atom stereocenters. The van der Waals surface area contributed by atoms with E-state index < -0.39 is 0 Å². The second kappa shape index (κ2) is 8.82. The van der Waals surface area contributed by atoms with Crippen LogP contribution in [0.3, 0.4) is 0 Å². The van der Waals surface area contributed by atoms with Gasteiger partial charge in [-0.15, -0.1) is 22.6 Å². The molecule has 7 heteroatoms. The first-order valence-electron chi connectivity index (χ1n) is 7.21. The Kier molecular flexibility index (Phi) is 6.78. The number of hydrogen-bond acceptors (Lipinski definition) is 5. The molecule has 4 nitrogen and oxygen atoms in total. The van der Waals surface area contributed by atoms with Gasteiger partial charge in [-0.3, -0.25) is 0 Å². The summed E-state index contributed by atoms with van der Waals surface area (Å²) >= 11 is 1.41. The van der Waals surface area contributed by atoms with Gasteiger partial charge in [0.2, 0.25) is 5.89 Å². The third kappa shape index (κ3) is 5.06. The summed E-state index contributed by atoms with van der Waals surface area (Å²) in [5.41, 5.74) is 8.23. The lowest BCUT2D eigenvalue weighted by Gasteiger charge is -2.06. The van der Waals surface area contributed by atoms with E-state index in [2.05, 4.69) is 10.2 Å². The zero-order valence-electron chi connectivity index (χ0n) is 12.8. The maximum Gasteiger partial charge on any atom is 0.276 e. The molecule has 0 radical (unpaired) electrons. The Morgan fingerprint density at radius 2 is 1.71 bits per heavy atom. The molecular weight excluding hydrogens is 349 g/mol. The normalized spacial score (nSPS) is 11.8. The second-order valence-electron chi connectivity index (χ2n) is 5.12. The zero-order valence-corrected chi connectivity index (χ0v) is 14.4. The van der Waals surface area contributed by atoms with E-state index in [-0.39, 0.29) is 24.3 Å². The number of aromatic nitrogens is 2. The van der Waals surface area contributed by atoms with Gasteiger partial charge in [-0.25, -0.2) is 4.39 Å². The van der Waals surface area contributed by atoms with Gasteiger partial charge < -0.3 is 10.2 Å². The minimum Gasteiger partial charge on any atom is -0.414 e. The largest absolute Gasteiger partial charge is 0.414 e. The van der Waals surface area contributed by atoms with E-state index in [0.717, 1.165) is 11.1 Å². The lowest BCUT2D eigenvalue weighted by molar-refractivity contribution is 0.385. The van der Waals surface area contributed by atoms with Gasteiger partial charge in [0.25, 0.3) is 5.22 Å². The highest BCUT2D eigenvalue weighted by Crippen LogP contribution is 2.24. The van der Waals surface area contributed by atoms with E-state index in [9.17, 15) is 4.39 Å². The lowest BCUT2D eigenvalue weighted by Crippen LogP contribution is -2.13. The molecule has 0 saturated carbocycles. The van der Waals surface area contributed by atoms with Gasteiger partial charge in [-0.2, -0.15) is 0 Å². The number of halogens is 2. The maximum atomic E-state index is 12.9. The summed E-state index contributed by atoms with van der Waals surface area (Å²) in [7, 11) is 0. The van der Waals surface area contributed by atoms with Crippen molar-refractivity contribution < 1.29 is 8.81 Å². The summed E-state index contributed by atoms with van der Waals surface area (Å²) < 4.78 is 18.5. The van der Waals surface area contributed by atoms with Crippen LogP contribution in [0.2, 0.25) is 0 Å². The van der Waals surface area contributed by atoms with Crippen LogP contribution < -0.4 is 5.73 Å². The Balaban J connectivity index is 0.00000208. The predicted molar refractivity (Wildman–Crippen MR) is 94.6 cm³/mol. The molecule has 3 aromatic rings. The number of rotatable bonds is 6. The molecule has 2 N–H and O–H groups in total. The molecule has 1 heterocycles. The van der Waals surface area contributed by atoms with Crippen molar-refractivity contribution in [2.24, 2.45) is 5.73 Å². The first-order valence-corrected chi connectivity index (χ1v) is 8.19. The summed E-state index contributed by atoms with van der Waals surface area (Å²) in [4.78, 5) is 0. The zero-order chi connectivity index (χ0) is 16.1. The van der Waals surface area contributed by atoms with Crippen LogP contribution >= 0.6 is 24.2 Å². The summed E-state index contributed by atoms with van der Waals surface area (Å²) in [6.07, 6.45) is 0.644. The Morgan fingerprint density at radius 1 is 1.00 bits per heavy atom. The van der Waals surface area contributed by atoms with Gasteiger partial charge >= 0.3 is 0 Å². The first kappa shape index (κ1) is 18.4. The molecule has 126 valence electrons. The van der Waals surface area contributed by atoms with Gasteiger partial charge in [0, 0.05) is 5.75 Å². The van der Waals surface area contributed by atoms with Crippen molar-refractivity contribution in [3.8, 4) is 0 Å². The molecule has 0 aliphatic rings. The average molecular weight is 366 g/mol. The van der Waals surface area contributed by atoms with Crippen molar-refractivity contribution >= 4 is 24.2 Å². The Labute approximate surface area is 150 Å². The fourth-order valence-corrected chi connectivity index (χ4v) is 2.84. The van der Waals surface area contributed by atoms with E-state index in [1.165, 1.54) is 23.9 Å². The standard InChI is InChI=1S/C17H16FN3OS.ClH/c18-14-8-6-13(7-9-14)11-23-17-21-20-16(22-17)15(19)10-12-4-2-1-3-5-12;/h1-9,15H,10-11,19H2;1H/t15-;/m0./s1. The highest BCUT2D eigenvalue weighted by atomic mass is 35.5. The van der Waals surface area contributed by atoms with Crippen LogP contribution in [-0.2, 0) is 12.2 Å². The topological polar surface area (TPSA) is 64.9 Å². The number of thioether (sulfide) groups is 1. The summed E-state index contributed by atoms with van der Waals surface area (Å²) in [6.45, 7) is 0. The van der Waals surface area contributed by atoms with Crippen LogP contribution in [0.15, 0.2) is 64.2 Å². The van der Waals surface area contributed by atoms with E-state index >= 15 is 0 Å². The maximum absolute atomic E-state index is 12.9. The van der Waals surface area contributed by atoms with Crippen molar-refractivity contribution in [2.75, 3.05) is 0 Å². The van der Waals surface area contributed by atoms with Crippen molar-refractivity contribution in [3.63, 3.8) is 0 Å². The minimum atomic E-state index is -0.329. The van der Waals surface area contributed by atoms with E-state index in [1.54, 1.807) is 12.1 Å². The van der Waals surface area contributed by atoms with Crippen molar-refractivity contribution in [1.82, 2.24) is 10.2 Å². The minimum absolute atomic E-state index is 0. The Bertz CT molecular complexity index is 752. The molecule has 0 saturated heterocycles. The SMILES string of the molecule is Cl.N[C@@H](Cc1ccccc1)c1nnc(SCc2ccc(F)cc2)o1. The van der Waals surface area contributed by atoms with Crippen LogP contribution in [0.1, 0.15) is 23.1 Å². The molecule has 3 rings (SSSR count). The fraction of sp³-hybridized carbons (Fsp3) is 0.176. The second-order valence-corrected chi connectivity index (χ2v) is 6.04. The van der Waals surface area contributed by atoms with Gasteiger partial charge in [0.05, 0.1) is 6.04 Å². The summed E-state index contributed by atoms with van der Waals surface area (Å²) in [6, 6.07) is 16.0. The van der Waals surface area contributed by atoms with Crippen LogP contribution in [-0.4, -0.2) is 10.2 Å². The van der Waals surface area contributed by atoms with Gasteiger partial charge in [-0.05, 0) is 29.7 Å². The van der Waals surface area contributed by atoms with Gasteiger partial charge in [0.15, 0.2) is 0 Å². The lowest BCUT2D eigenvalue weighted by atomic mass is 10.1. The summed E-state index contributed by atoms with van der Waals surface area (Å²) in [5.74, 6) is 0.816. The van der Waals surface area contributed by atoms with E-state index in [4.69, 9.17) is 10.2 Å². The van der Waals surface area contributed by atoms with Crippen molar-refractivity contribution in [1.29, 1.82) is 0 Å². The molecule has 0 aliphatic heterocycles. The van der Waals surface area contributed by atoms with E-state index in [1.807, 2.05) is 30.3 Å². The molecule has 0 unspecified atom stereocenters. The van der Waals surface area contributed by atoms with Gasteiger partial charge in [-0.1, -0.05) is 54.2 Å². The summed E-state index contributed by atoms with van der Waals surface area (Å²) in [5, 5.41) is 8.49. The van der Waals surface area contributed by atoms with E-state index in [0.29, 0.717) is 23.3 Å². The van der Waals surface area contributed by atoms with Crippen LogP contribution in [0.5, 0.6) is 0 Å². The number of nitrogens with two attached hydrogens (primary N) is 1. The molecule has 0 amide bonds. The Hall–Kier alpha value is -1.89. The molecule has 0 aliphatic carbocycles. The quantitative estimate of drug-likeness (QED) is 0.664. The molecule has 0 fully saturated rings. The number of hydrogen-bond donors (Lipinski definition) is 1. The average Bonchev–Trinajstić information content (AvgIpc) is 3.04. The van der Waals surface area contributed by atoms with Crippen LogP contribution in [0, 0.1) is 5.82 Å². The van der Waals surface area contributed by atoms with Gasteiger partial charge in [0.1, 0.15) is 5.82 Å². The first-order chi connectivity index (χ1) is 11.2. The highest BCUT2D eigenvalue weighted by molar-refractivity contribution is 7.98. The third-order valence-electron chi connectivity index (χ3n) is 3.31. The van der Waals surface area contributed by atoms with Crippen LogP contribution in [0.25, 0.3) is 0 Å². The molecule has 1 aromatic heterocycles. The Morgan fingerprint density at radius 3 is 2.42 bits per heavy atom. The smallest absolute Gasteiger partial charge is 0.276 e.